The maximum Gasteiger partial charge on any atom is 0.291 e. The SMILES string of the molecule is CCOc1cc2ccccc2cc1C(=O)NCc1ccc(NC(=O)c2ccco2)cc1. The van der Waals surface area contributed by atoms with Crippen LogP contribution in [-0.2, 0) is 6.54 Å². The van der Waals surface area contributed by atoms with Crippen LogP contribution in [0.2, 0.25) is 0 Å². The van der Waals surface area contributed by atoms with Crippen molar-refractivity contribution in [2.45, 2.75) is 13.5 Å². The average Bonchev–Trinajstić information content (AvgIpc) is 3.33. The molecule has 0 saturated carbocycles. The summed E-state index contributed by atoms with van der Waals surface area (Å²) in [4.78, 5) is 24.9. The van der Waals surface area contributed by atoms with Gasteiger partial charge in [0, 0.05) is 12.2 Å². The molecule has 1 heterocycles. The van der Waals surface area contributed by atoms with Crippen LogP contribution in [0.3, 0.4) is 0 Å². The zero-order chi connectivity index (χ0) is 21.6. The maximum absolute atomic E-state index is 12.8. The van der Waals surface area contributed by atoms with E-state index in [-0.39, 0.29) is 17.6 Å². The van der Waals surface area contributed by atoms with E-state index >= 15 is 0 Å². The first-order chi connectivity index (χ1) is 15.1. The molecule has 0 atom stereocenters. The molecule has 0 spiro atoms. The van der Waals surface area contributed by atoms with Gasteiger partial charge in [0.25, 0.3) is 11.8 Å². The highest BCUT2D eigenvalue weighted by molar-refractivity contribution is 6.02. The number of ether oxygens (including phenoxy) is 1. The largest absolute Gasteiger partial charge is 0.493 e. The third kappa shape index (κ3) is 4.75. The van der Waals surface area contributed by atoms with E-state index in [1.165, 1.54) is 6.26 Å². The van der Waals surface area contributed by atoms with Crippen molar-refractivity contribution < 1.29 is 18.7 Å². The van der Waals surface area contributed by atoms with Crippen molar-refractivity contribution >= 4 is 28.3 Å². The Hall–Kier alpha value is -4.06. The van der Waals surface area contributed by atoms with E-state index < -0.39 is 0 Å². The van der Waals surface area contributed by atoms with Crippen molar-refractivity contribution in [1.82, 2.24) is 5.32 Å². The Bertz CT molecular complexity index is 1200. The van der Waals surface area contributed by atoms with Crippen molar-refractivity contribution in [1.29, 1.82) is 0 Å². The van der Waals surface area contributed by atoms with E-state index in [9.17, 15) is 9.59 Å². The van der Waals surface area contributed by atoms with E-state index in [0.29, 0.717) is 30.2 Å². The zero-order valence-electron chi connectivity index (χ0n) is 17.1. The number of anilines is 1. The van der Waals surface area contributed by atoms with Crippen LogP contribution in [0.4, 0.5) is 5.69 Å². The summed E-state index contributed by atoms with van der Waals surface area (Å²) in [6.07, 6.45) is 1.45. The molecule has 0 bridgehead atoms. The van der Waals surface area contributed by atoms with Crippen molar-refractivity contribution in [2.24, 2.45) is 0 Å². The van der Waals surface area contributed by atoms with E-state index in [1.54, 1.807) is 24.3 Å². The predicted octanol–water partition coefficient (Wildman–Crippen LogP) is 5.01. The fourth-order valence-corrected chi connectivity index (χ4v) is 3.26. The Labute approximate surface area is 179 Å². The smallest absolute Gasteiger partial charge is 0.291 e. The van der Waals surface area contributed by atoms with Gasteiger partial charge in [0.2, 0.25) is 0 Å². The number of rotatable bonds is 7. The van der Waals surface area contributed by atoms with Crippen LogP contribution in [0.1, 0.15) is 33.4 Å². The third-order valence-corrected chi connectivity index (χ3v) is 4.80. The maximum atomic E-state index is 12.8. The summed E-state index contributed by atoms with van der Waals surface area (Å²) in [7, 11) is 0. The van der Waals surface area contributed by atoms with Crippen LogP contribution < -0.4 is 15.4 Å². The van der Waals surface area contributed by atoms with Gasteiger partial charge in [-0.1, -0.05) is 36.4 Å². The molecule has 4 rings (SSSR count). The molecule has 1 aromatic heterocycles. The van der Waals surface area contributed by atoms with E-state index in [0.717, 1.165) is 16.3 Å². The summed E-state index contributed by atoms with van der Waals surface area (Å²) in [5.41, 5.74) is 2.05. The highest BCUT2D eigenvalue weighted by atomic mass is 16.5. The first kappa shape index (κ1) is 20.2. The molecule has 3 aromatic carbocycles. The first-order valence-corrected chi connectivity index (χ1v) is 10.0. The fourth-order valence-electron chi connectivity index (χ4n) is 3.26. The van der Waals surface area contributed by atoms with Crippen molar-refractivity contribution in [3.63, 3.8) is 0 Å². The van der Waals surface area contributed by atoms with Crippen LogP contribution in [0, 0.1) is 0 Å². The first-order valence-electron chi connectivity index (χ1n) is 10.0. The summed E-state index contributed by atoms with van der Waals surface area (Å²) in [6.45, 7) is 2.72. The number of furan rings is 1. The van der Waals surface area contributed by atoms with Crippen molar-refractivity contribution in [2.75, 3.05) is 11.9 Å². The Balaban J connectivity index is 1.42. The minimum atomic E-state index is -0.314. The molecule has 2 N–H and O–H groups in total. The van der Waals surface area contributed by atoms with E-state index in [4.69, 9.17) is 9.15 Å². The van der Waals surface area contributed by atoms with E-state index in [1.807, 2.05) is 55.5 Å². The Morgan fingerprint density at radius 1 is 0.903 bits per heavy atom. The van der Waals surface area contributed by atoms with Crippen LogP contribution in [0.25, 0.3) is 10.8 Å². The molecule has 156 valence electrons. The van der Waals surface area contributed by atoms with E-state index in [2.05, 4.69) is 10.6 Å². The van der Waals surface area contributed by atoms with Gasteiger partial charge in [-0.15, -0.1) is 0 Å². The quantitative estimate of drug-likeness (QED) is 0.445. The predicted molar refractivity (Wildman–Crippen MR) is 119 cm³/mol. The number of nitrogens with one attached hydrogen (secondary N) is 2. The summed E-state index contributed by atoms with van der Waals surface area (Å²) in [6, 6.07) is 22.1. The average molecular weight is 414 g/mol. The third-order valence-electron chi connectivity index (χ3n) is 4.80. The van der Waals surface area contributed by atoms with Crippen LogP contribution in [0.5, 0.6) is 5.75 Å². The van der Waals surface area contributed by atoms with Crippen LogP contribution in [0.15, 0.2) is 83.5 Å². The Morgan fingerprint density at radius 2 is 1.65 bits per heavy atom. The van der Waals surface area contributed by atoms with Gasteiger partial charge in [-0.3, -0.25) is 9.59 Å². The molecule has 0 aliphatic carbocycles. The van der Waals surface area contributed by atoms with Gasteiger partial charge in [0.05, 0.1) is 18.4 Å². The standard InChI is InChI=1S/C25H22N2O4/c1-2-30-23-15-19-7-4-3-6-18(19)14-21(23)24(28)26-16-17-9-11-20(12-10-17)27-25(29)22-8-5-13-31-22/h3-15H,2,16H2,1H3,(H,26,28)(H,27,29). The molecule has 0 radical (unpaired) electrons. The molecule has 0 unspecified atom stereocenters. The van der Waals surface area contributed by atoms with Gasteiger partial charge in [-0.2, -0.15) is 0 Å². The molecule has 0 aliphatic rings. The van der Waals surface area contributed by atoms with Crippen LogP contribution >= 0.6 is 0 Å². The summed E-state index contributed by atoms with van der Waals surface area (Å²) in [5.74, 6) is 0.293. The summed E-state index contributed by atoms with van der Waals surface area (Å²) >= 11 is 0. The molecular weight excluding hydrogens is 392 g/mol. The summed E-state index contributed by atoms with van der Waals surface area (Å²) < 4.78 is 10.8. The summed E-state index contributed by atoms with van der Waals surface area (Å²) in [5, 5.41) is 7.71. The normalized spacial score (nSPS) is 10.6. The topological polar surface area (TPSA) is 80.6 Å². The highest BCUT2D eigenvalue weighted by Gasteiger charge is 2.14. The number of benzene rings is 3. The molecule has 31 heavy (non-hydrogen) atoms. The molecule has 6 nitrogen and oxygen atoms in total. The molecule has 2 amide bonds. The number of hydrogen-bond donors (Lipinski definition) is 2. The number of fused-ring (bicyclic) bond motifs is 1. The molecular formula is C25H22N2O4. The number of hydrogen-bond acceptors (Lipinski definition) is 4. The second kappa shape index (κ2) is 9.17. The molecule has 0 aliphatic heterocycles. The Kier molecular flexibility index (Phi) is 5.98. The molecule has 6 heteroatoms. The lowest BCUT2D eigenvalue weighted by Crippen LogP contribution is -2.23. The number of carbonyl (C=O) groups excluding carboxylic acids is 2. The van der Waals surface area contributed by atoms with Gasteiger partial charge < -0.3 is 19.8 Å². The second-order valence-corrected chi connectivity index (χ2v) is 6.94. The van der Waals surface area contributed by atoms with Crippen molar-refractivity contribution in [3.8, 4) is 5.75 Å². The van der Waals surface area contributed by atoms with Gasteiger partial charge >= 0.3 is 0 Å². The Morgan fingerprint density at radius 3 is 2.32 bits per heavy atom. The molecule has 0 saturated heterocycles. The second-order valence-electron chi connectivity index (χ2n) is 6.94. The molecule has 4 aromatic rings. The van der Waals surface area contributed by atoms with Crippen LogP contribution in [-0.4, -0.2) is 18.4 Å². The zero-order valence-corrected chi connectivity index (χ0v) is 17.1. The number of amides is 2. The van der Waals surface area contributed by atoms with Gasteiger partial charge in [-0.05, 0) is 59.7 Å². The minimum absolute atomic E-state index is 0.204. The lowest BCUT2D eigenvalue weighted by atomic mass is 10.1. The molecule has 0 fully saturated rings. The highest BCUT2D eigenvalue weighted by Crippen LogP contribution is 2.26. The lowest BCUT2D eigenvalue weighted by molar-refractivity contribution is 0.0946. The van der Waals surface area contributed by atoms with Gasteiger partial charge in [-0.25, -0.2) is 0 Å². The van der Waals surface area contributed by atoms with Crippen molar-refractivity contribution in [3.05, 3.63) is 95.9 Å². The minimum Gasteiger partial charge on any atom is -0.493 e. The van der Waals surface area contributed by atoms with Gasteiger partial charge in [0.15, 0.2) is 5.76 Å². The van der Waals surface area contributed by atoms with Gasteiger partial charge in [0.1, 0.15) is 5.75 Å². The lowest BCUT2D eigenvalue weighted by Gasteiger charge is -2.13. The number of carbonyl (C=O) groups is 2. The fraction of sp³-hybridized carbons (Fsp3) is 0.120. The monoisotopic (exact) mass is 414 g/mol.